The summed E-state index contributed by atoms with van der Waals surface area (Å²) in [5, 5.41) is 18.1. The standard InChI is InChI=1S/C9H8I2O4/c1-15-5-3-2-4(6(10)7(5)11)8(12)9(13)14/h2-3,8,12H,1H3,(H,13,14). The van der Waals surface area contributed by atoms with Crippen molar-refractivity contribution in [2.45, 2.75) is 6.10 Å². The zero-order valence-electron chi connectivity index (χ0n) is 7.70. The summed E-state index contributed by atoms with van der Waals surface area (Å²) in [6, 6.07) is 3.20. The molecule has 1 aromatic carbocycles. The lowest BCUT2D eigenvalue weighted by Crippen LogP contribution is -2.12. The number of halogens is 2. The highest BCUT2D eigenvalue weighted by Crippen LogP contribution is 2.31. The van der Waals surface area contributed by atoms with Crippen molar-refractivity contribution in [1.29, 1.82) is 0 Å². The fourth-order valence-electron chi connectivity index (χ4n) is 1.05. The highest BCUT2D eigenvalue weighted by atomic mass is 127. The van der Waals surface area contributed by atoms with Crippen LogP contribution in [0, 0.1) is 7.14 Å². The van der Waals surface area contributed by atoms with E-state index in [2.05, 4.69) is 22.6 Å². The normalized spacial score (nSPS) is 12.3. The molecule has 4 nitrogen and oxygen atoms in total. The first-order valence-electron chi connectivity index (χ1n) is 3.91. The summed E-state index contributed by atoms with van der Waals surface area (Å²) in [6.07, 6.45) is -1.49. The van der Waals surface area contributed by atoms with Crippen LogP contribution in [0.2, 0.25) is 0 Å². The summed E-state index contributed by atoms with van der Waals surface area (Å²) < 4.78 is 6.58. The maximum absolute atomic E-state index is 10.6. The average molecular weight is 434 g/mol. The lowest BCUT2D eigenvalue weighted by molar-refractivity contribution is -0.147. The molecule has 0 aliphatic carbocycles. The molecule has 15 heavy (non-hydrogen) atoms. The fraction of sp³-hybridized carbons (Fsp3) is 0.222. The molecule has 0 aliphatic rings. The number of ether oxygens (including phenoxy) is 1. The number of methoxy groups -OCH3 is 1. The average Bonchev–Trinajstić information content (AvgIpc) is 2.21. The van der Waals surface area contributed by atoms with Gasteiger partial charge in [-0.1, -0.05) is 6.07 Å². The molecule has 1 unspecified atom stereocenters. The van der Waals surface area contributed by atoms with Crippen LogP contribution in [0.25, 0.3) is 0 Å². The van der Waals surface area contributed by atoms with Gasteiger partial charge in [-0.15, -0.1) is 0 Å². The number of aliphatic hydroxyl groups is 1. The van der Waals surface area contributed by atoms with Gasteiger partial charge in [0.1, 0.15) is 5.75 Å². The highest BCUT2D eigenvalue weighted by molar-refractivity contribution is 14.1. The summed E-state index contributed by atoms with van der Waals surface area (Å²) in [4.78, 5) is 10.6. The molecule has 82 valence electrons. The van der Waals surface area contributed by atoms with E-state index in [1.54, 1.807) is 19.2 Å². The number of rotatable bonds is 3. The first-order chi connectivity index (χ1) is 6.99. The number of aliphatic hydroxyl groups excluding tert-OH is 1. The lowest BCUT2D eigenvalue weighted by atomic mass is 10.1. The molecular formula is C9H8I2O4. The molecule has 0 saturated carbocycles. The quantitative estimate of drug-likeness (QED) is 0.716. The van der Waals surface area contributed by atoms with Crippen molar-refractivity contribution < 1.29 is 19.7 Å². The SMILES string of the molecule is COc1ccc(C(O)C(=O)O)c(I)c1I. The fourth-order valence-corrected chi connectivity index (χ4v) is 2.50. The van der Waals surface area contributed by atoms with Gasteiger partial charge in [0.25, 0.3) is 0 Å². The molecular weight excluding hydrogens is 426 g/mol. The second kappa shape index (κ2) is 5.30. The molecule has 0 bridgehead atoms. The monoisotopic (exact) mass is 434 g/mol. The maximum Gasteiger partial charge on any atom is 0.337 e. The van der Waals surface area contributed by atoms with Crippen LogP contribution in [-0.4, -0.2) is 23.3 Å². The van der Waals surface area contributed by atoms with Gasteiger partial charge < -0.3 is 14.9 Å². The van der Waals surface area contributed by atoms with Crippen LogP contribution in [0.4, 0.5) is 0 Å². The Hall–Kier alpha value is -0.0900. The third-order valence-electron chi connectivity index (χ3n) is 1.83. The molecule has 0 radical (unpaired) electrons. The van der Waals surface area contributed by atoms with E-state index in [0.717, 1.165) is 3.57 Å². The lowest BCUT2D eigenvalue weighted by Gasteiger charge is -2.12. The van der Waals surface area contributed by atoms with Gasteiger partial charge in [0, 0.05) is 9.13 Å². The Kier molecular flexibility index (Phi) is 4.59. The number of hydrogen-bond donors (Lipinski definition) is 2. The molecule has 1 rings (SSSR count). The van der Waals surface area contributed by atoms with E-state index in [9.17, 15) is 9.90 Å². The van der Waals surface area contributed by atoms with Gasteiger partial charge in [-0.2, -0.15) is 0 Å². The Morgan fingerprint density at radius 2 is 2.00 bits per heavy atom. The molecule has 0 aromatic heterocycles. The van der Waals surface area contributed by atoms with Gasteiger partial charge in [-0.05, 0) is 51.2 Å². The molecule has 0 aliphatic heterocycles. The van der Waals surface area contributed by atoms with Crippen LogP contribution in [-0.2, 0) is 4.79 Å². The highest BCUT2D eigenvalue weighted by Gasteiger charge is 2.21. The van der Waals surface area contributed by atoms with Crippen LogP contribution in [0.5, 0.6) is 5.75 Å². The van der Waals surface area contributed by atoms with E-state index >= 15 is 0 Å². The number of carboxylic acid groups (broad SMARTS) is 1. The van der Waals surface area contributed by atoms with Crippen molar-refractivity contribution in [2.24, 2.45) is 0 Å². The zero-order chi connectivity index (χ0) is 11.6. The zero-order valence-corrected chi connectivity index (χ0v) is 12.0. The second-order valence-electron chi connectivity index (χ2n) is 2.73. The van der Waals surface area contributed by atoms with E-state index in [4.69, 9.17) is 9.84 Å². The summed E-state index contributed by atoms with van der Waals surface area (Å²) in [5.41, 5.74) is 0.383. The third-order valence-corrected chi connectivity index (χ3v) is 5.09. The Bertz CT molecular complexity index is 392. The number of hydrogen-bond acceptors (Lipinski definition) is 3. The van der Waals surface area contributed by atoms with Gasteiger partial charge in [-0.3, -0.25) is 0 Å². The Morgan fingerprint density at radius 3 is 2.47 bits per heavy atom. The molecule has 0 amide bonds. The van der Waals surface area contributed by atoms with E-state index in [1.165, 1.54) is 0 Å². The summed E-state index contributed by atoms with van der Waals surface area (Å²) in [6.45, 7) is 0. The minimum absolute atomic E-state index is 0.383. The first-order valence-corrected chi connectivity index (χ1v) is 6.07. The van der Waals surface area contributed by atoms with Crippen molar-refractivity contribution in [3.8, 4) is 5.75 Å². The van der Waals surface area contributed by atoms with Crippen molar-refractivity contribution in [3.05, 3.63) is 24.8 Å². The molecule has 2 N–H and O–H groups in total. The molecule has 0 heterocycles. The largest absolute Gasteiger partial charge is 0.496 e. The molecule has 6 heteroatoms. The minimum Gasteiger partial charge on any atom is -0.496 e. The maximum atomic E-state index is 10.6. The molecule has 0 saturated heterocycles. The second-order valence-corrected chi connectivity index (χ2v) is 4.88. The Balaban J connectivity index is 3.23. The van der Waals surface area contributed by atoms with E-state index in [-0.39, 0.29) is 0 Å². The van der Waals surface area contributed by atoms with E-state index in [1.807, 2.05) is 22.6 Å². The molecule has 0 spiro atoms. The van der Waals surface area contributed by atoms with Crippen LogP contribution < -0.4 is 4.74 Å². The van der Waals surface area contributed by atoms with Gasteiger partial charge in [-0.25, -0.2) is 4.79 Å². The van der Waals surface area contributed by atoms with Gasteiger partial charge in [0.05, 0.1) is 10.7 Å². The van der Waals surface area contributed by atoms with Crippen molar-refractivity contribution >= 4 is 51.2 Å². The van der Waals surface area contributed by atoms with Gasteiger partial charge in [0.15, 0.2) is 6.10 Å². The summed E-state index contributed by atoms with van der Waals surface area (Å²) in [7, 11) is 1.54. The van der Waals surface area contributed by atoms with Crippen LogP contribution in [0.1, 0.15) is 11.7 Å². The predicted molar refractivity (Wildman–Crippen MR) is 71.0 cm³/mol. The number of aliphatic carboxylic acids is 1. The molecule has 1 atom stereocenters. The predicted octanol–water partition coefficient (Wildman–Crippen LogP) is 2.02. The van der Waals surface area contributed by atoms with Crippen molar-refractivity contribution in [3.63, 3.8) is 0 Å². The van der Waals surface area contributed by atoms with Gasteiger partial charge >= 0.3 is 5.97 Å². The van der Waals surface area contributed by atoms with Crippen molar-refractivity contribution in [2.75, 3.05) is 7.11 Å². The first kappa shape index (κ1) is 13.0. The Morgan fingerprint density at radius 1 is 1.40 bits per heavy atom. The molecule has 0 fully saturated rings. The number of carbonyl (C=O) groups is 1. The van der Waals surface area contributed by atoms with Crippen LogP contribution >= 0.6 is 45.2 Å². The number of benzene rings is 1. The van der Waals surface area contributed by atoms with Crippen LogP contribution in [0.15, 0.2) is 12.1 Å². The smallest absolute Gasteiger partial charge is 0.337 e. The number of carboxylic acids is 1. The summed E-state index contributed by atoms with van der Waals surface area (Å²) >= 11 is 4.04. The van der Waals surface area contributed by atoms with Crippen molar-refractivity contribution in [1.82, 2.24) is 0 Å². The topological polar surface area (TPSA) is 66.8 Å². The molecule has 1 aromatic rings. The Labute approximate surface area is 114 Å². The summed E-state index contributed by atoms with van der Waals surface area (Å²) in [5.74, 6) is -0.588. The van der Waals surface area contributed by atoms with Crippen LogP contribution in [0.3, 0.4) is 0 Å². The van der Waals surface area contributed by atoms with Gasteiger partial charge in [0.2, 0.25) is 0 Å². The van der Waals surface area contributed by atoms with E-state index < -0.39 is 12.1 Å². The van der Waals surface area contributed by atoms with E-state index in [0.29, 0.717) is 14.9 Å². The third kappa shape index (κ3) is 2.72. The minimum atomic E-state index is -1.49.